The monoisotopic (exact) mass is 425 g/mol. The fourth-order valence-electron chi connectivity index (χ4n) is 2.48. The summed E-state index contributed by atoms with van der Waals surface area (Å²) in [6, 6.07) is 6.80. The molecule has 0 aliphatic carbocycles. The van der Waals surface area contributed by atoms with Crippen molar-refractivity contribution < 1.29 is 17.6 Å². The Labute approximate surface area is 165 Å². The molecule has 0 amide bonds. The lowest BCUT2D eigenvalue weighted by Crippen LogP contribution is -2.05. The lowest BCUT2D eigenvalue weighted by Gasteiger charge is -2.09. The molecule has 6 nitrogen and oxygen atoms in total. The average Bonchev–Trinajstić information content (AvgIpc) is 3.40. The summed E-state index contributed by atoms with van der Waals surface area (Å²) in [5.41, 5.74) is 0.276. The van der Waals surface area contributed by atoms with Gasteiger partial charge in [-0.05, 0) is 30.3 Å². The Hall–Kier alpha value is -2.59. The van der Waals surface area contributed by atoms with Crippen molar-refractivity contribution in [3.8, 4) is 22.9 Å². The van der Waals surface area contributed by atoms with Gasteiger partial charge in [-0.2, -0.15) is 28.4 Å². The molecule has 28 heavy (non-hydrogen) atoms. The first-order valence-corrected chi connectivity index (χ1v) is 9.36. The van der Waals surface area contributed by atoms with E-state index in [1.807, 2.05) is 0 Å². The molecular weight excluding hydrogens is 415 g/mol. The second kappa shape index (κ2) is 7.44. The summed E-state index contributed by atoms with van der Waals surface area (Å²) < 4.78 is 44.8. The Morgan fingerprint density at radius 1 is 1.18 bits per heavy atom. The molecular formula is C17H11ClF3N5OS. The first kappa shape index (κ1) is 18.8. The minimum atomic E-state index is -4.55. The molecule has 0 radical (unpaired) electrons. The molecule has 0 atom stereocenters. The second-order valence-corrected chi connectivity index (χ2v) is 7.13. The summed E-state index contributed by atoms with van der Waals surface area (Å²) in [4.78, 5) is 4.33. The quantitative estimate of drug-likeness (QED) is 0.560. The molecule has 0 saturated carbocycles. The van der Waals surface area contributed by atoms with Gasteiger partial charge in [0.25, 0.3) is 0 Å². The Balaban J connectivity index is 1.52. The van der Waals surface area contributed by atoms with Gasteiger partial charge >= 0.3 is 6.18 Å². The fourth-order valence-corrected chi connectivity index (χ4v) is 3.44. The molecule has 1 N–H and O–H groups in total. The van der Waals surface area contributed by atoms with Gasteiger partial charge in [0, 0.05) is 24.0 Å². The zero-order chi connectivity index (χ0) is 19.7. The minimum absolute atomic E-state index is 0.260. The van der Waals surface area contributed by atoms with Crippen LogP contribution in [-0.2, 0) is 6.18 Å². The third kappa shape index (κ3) is 3.97. The van der Waals surface area contributed by atoms with Gasteiger partial charge in [-0.15, -0.1) is 5.10 Å². The normalized spacial score (nSPS) is 13.9. The van der Waals surface area contributed by atoms with Gasteiger partial charge < -0.3 is 4.42 Å². The molecule has 0 unspecified atom stereocenters. The van der Waals surface area contributed by atoms with Crippen molar-refractivity contribution in [3.63, 3.8) is 0 Å². The number of nitrogens with zero attached hydrogens (tertiary/aromatic N) is 4. The molecule has 2 aromatic heterocycles. The van der Waals surface area contributed by atoms with E-state index in [1.54, 1.807) is 18.3 Å². The molecule has 4 rings (SSSR count). The van der Waals surface area contributed by atoms with Crippen LogP contribution < -0.4 is 0 Å². The van der Waals surface area contributed by atoms with Gasteiger partial charge in [-0.25, -0.2) is 0 Å². The first-order valence-electron chi connectivity index (χ1n) is 8.00. The lowest BCUT2D eigenvalue weighted by molar-refractivity contribution is -0.137. The van der Waals surface area contributed by atoms with Crippen LogP contribution in [0.3, 0.4) is 0 Å². The Morgan fingerprint density at radius 2 is 2.00 bits per heavy atom. The number of aromatic amines is 1. The van der Waals surface area contributed by atoms with Crippen LogP contribution in [0.25, 0.3) is 22.9 Å². The highest BCUT2D eigenvalue weighted by atomic mass is 35.5. The lowest BCUT2D eigenvalue weighted by atomic mass is 10.1. The van der Waals surface area contributed by atoms with E-state index in [0.29, 0.717) is 28.9 Å². The van der Waals surface area contributed by atoms with Crippen LogP contribution >= 0.6 is 23.4 Å². The number of alkyl halides is 3. The number of H-pyrrole nitrogens is 1. The van der Waals surface area contributed by atoms with Gasteiger partial charge in [0.1, 0.15) is 5.76 Å². The van der Waals surface area contributed by atoms with E-state index in [9.17, 15) is 13.2 Å². The molecule has 0 saturated heterocycles. The van der Waals surface area contributed by atoms with Crippen molar-refractivity contribution in [2.45, 2.75) is 17.8 Å². The van der Waals surface area contributed by atoms with Crippen molar-refractivity contribution in [3.05, 3.63) is 40.9 Å². The van der Waals surface area contributed by atoms with Gasteiger partial charge in [-0.3, -0.25) is 5.10 Å². The van der Waals surface area contributed by atoms with Crippen molar-refractivity contribution in [2.24, 2.45) is 10.2 Å². The molecule has 0 spiro atoms. The van der Waals surface area contributed by atoms with Crippen molar-refractivity contribution in [1.29, 1.82) is 0 Å². The standard InChI is InChI=1S/C17H11ClF3N5OS/c18-12-2-1-9(7-11(12)17(19,20)21)13-3-4-14(27-13)15-23-16(26-25-15)28-8-10-5-6-22-24-10/h1-4,6-7H,5,8H2,(H,23,25,26). The fraction of sp³-hybridized carbons (Fsp3) is 0.176. The van der Waals surface area contributed by atoms with Gasteiger partial charge in [0.15, 0.2) is 11.6 Å². The largest absolute Gasteiger partial charge is 0.453 e. The minimum Gasteiger partial charge on any atom is -0.453 e. The highest BCUT2D eigenvalue weighted by Gasteiger charge is 2.33. The molecule has 144 valence electrons. The van der Waals surface area contributed by atoms with E-state index >= 15 is 0 Å². The Kier molecular flexibility index (Phi) is 4.98. The van der Waals surface area contributed by atoms with Gasteiger partial charge in [-0.1, -0.05) is 23.4 Å². The van der Waals surface area contributed by atoms with E-state index in [-0.39, 0.29) is 16.3 Å². The molecule has 1 aromatic carbocycles. The van der Waals surface area contributed by atoms with Crippen LogP contribution in [0.15, 0.2) is 50.1 Å². The second-order valence-electron chi connectivity index (χ2n) is 5.78. The first-order chi connectivity index (χ1) is 13.4. The molecule has 3 heterocycles. The number of halogens is 4. The summed E-state index contributed by atoms with van der Waals surface area (Å²) in [7, 11) is 0. The number of nitrogens with one attached hydrogen (secondary N) is 1. The van der Waals surface area contributed by atoms with Crippen LogP contribution in [0, 0.1) is 0 Å². The molecule has 0 bridgehead atoms. The van der Waals surface area contributed by atoms with Crippen LogP contribution in [0.2, 0.25) is 5.02 Å². The SMILES string of the molecule is FC(F)(F)c1cc(-c2ccc(-c3nc(SCC4=NN=CC4)n[nH]3)o2)ccc1Cl. The third-order valence-electron chi connectivity index (χ3n) is 3.84. The van der Waals surface area contributed by atoms with E-state index in [4.69, 9.17) is 16.0 Å². The van der Waals surface area contributed by atoms with Gasteiger partial charge in [0.2, 0.25) is 5.16 Å². The van der Waals surface area contributed by atoms with Crippen molar-refractivity contribution >= 4 is 35.3 Å². The predicted octanol–water partition coefficient (Wildman–Crippen LogP) is 5.33. The van der Waals surface area contributed by atoms with Crippen LogP contribution in [0.5, 0.6) is 0 Å². The van der Waals surface area contributed by atoms with E-state index < -0.39 is 11.7 Å². The zero-order valence-corrected chi connectivity index (χ0v) is 15.6. The summed E-state index contributed by atoms with van der Waals surface area (Å²) in [5, 5.41) is 14.8. The molecule has 0 fully saturated rings. The van der Waals surface area contributed by atoms with Crippen LogP contribution in [-0.4, -0.2) is 32.9 Å². The summed E-state index contributed by atoms with van der Waals surface area (Å²) in [5.74, 6) is 1.62. The number of benzene rings is 1. The van der Waals surface area contributed by atoms with Crippen LogP contribution in [0.4, 0.5) is 13.2 Å². The van der Waals surface area contributed by atoms with E-state index in [1.165, 1.54) is 23.9 Å². The topological polar surface area (TPSA) is 79.4 Å². The number of hydrogen-bond donors (Lipinski definition) is 1. The predicted molar refractivity (Wildman–Crippen MR) is 101 cm³/mol. The van der Waals surface area contributed by atoms with Crippen molar-refractivity contribution in [1.82, 2.24) is 15.2 Å². The number of furan rings is 1. The molecule has 3 aromatic rings. The van der Waals surface area contributed by atoms with Gasteiger partial charge in [0.05, 0.1) is 16.3 Å². The summed E-state index contributed by atoms with van der Waals surface area (Å²) in [6.45, 7) is 0. The Morgan fingerprint density at radius 3 is 2.75 bits per heavy atom. The summed E-state index contributed by atoms with van der Waals surface area (Å²) in [6.07, 6.45) is -2.11. The van der Waals surface area contributed by atoms with E-state index in [0.717, 1.165) is 11.8 Å². The zero-order valence-electron chi connectivity index (χ0n) is 14.0. The smallest absolute Gasteiger partial charge is 0.417 e. The maximum Gasteiger partial charge on any atom is 0.417 e. The maximum absolute atomic E-state index is 13.0. The highest BCUT2D eigenvalue weighted by Crippen LogP contribution is 2.38. The third-order valence-corrected chi connectivity index (χ3v) is 5.08. The average molecular weight is 426 g/mol. The molecule has 1 aliphatic heterocycles. The maximum atomic E-state index is 13.0. The highest BCUT2D eigenvalue weighted by molar-refractivity contribution is 7.99. The Bertz CT molecular complexity index is 1070. The molecule has 1 aliphatic rings. The number of rotatable bonds is 5. The molecule has 11 heteroatoms. The summed E-state index contributed by atoms with van der Waals surface area (Å²) >= 11 is 7.05. The van der Waals surface area contributed by atoms with Crippen molar-refractivity contribution in [2.75, 3.05) is 5.75 Å². The van der Waals surface area contributed by atoms with Crippen LogP contribution in [0.1, 0.15) is 12.0 Å². The number of aromatic nitrogens is 3. The van der Waals surface area contributed by atoms with E-state index in [2.05, 4.69) is 25.4 Å². The number of hydrogen-bond acceptors (Lipinski definition) is 6. The number of thioether (sulfide) groups is 1.